The van der Waals surface area contributed by atoms with E-state index in [-0.39, 0.29) is 23.9 Å². The Morgan fingerprint density at radius 3 is 2.45 bits per heavy atom. The van der Waals surface area contributed by atoms with Crippen molar-refractivity contribution in [1.82, 2.24) is 10.6 Å². The van der Waals surface area contributed by atoms with Gasteiger partial charge in [0.05, 0.1) is 6.42 Å². The van der Waals surface area contributed by atoms with E-state index >= 15 is 0 Å². The van der Waals surface area contributed by atoms with Crippen molar-refractivity contribution in [1.29, 1.82) is 0 Å². The van der Waals surface area contributed by atoms with Crippen LogP contribution in [0, 0.1) is 11.3 Å². The van der Waals surface area contributed by atoms with Gasteiger partial charge in [-0.05, 0) is 30.6 Å². The number of amides is 2. The molecule has 0 spiro atoms. The van der Waals surface area contributed by atoms with Gasteiger partial charge in [0.15, 0.2) is 0 Å². The monoisotopic (exact) mass is 284 g/mol. The van der Waals surface area contributed by atoms with E-state index in [0.29, 0.717) is 13.0 Å². The summed E-state index contributed by atoms with van der Waals surface area (Å²) >= 11 is 0. The van der Waals surface area contributed by atoms with Gasteiger partial charge in [-0.2, -0.15) is 0 Å². The van der Waals surface area contributed by atoms with Crippen LogP contribution in [0.15, 0.2) is 0 Å². The van der Waals surface area contributed by atoms with E-state index in [0.717, 1.165) is 12.3 Å². The van der Waals surface area contributed by atoms with Crippen molar-refractivity contribution in [2.75, 3.05) is 6.54 Å². The number of nitrogens with one attached hydrogen (secondary N) is 2. The van der Waals surface area contributed by atoms with Crippen LogP contribution in [0.2, 0.25) is 0 Å². The summed E-state index contributed by atoms with van der Waals surface area (Å²) in [5, 5.41) is 14.5. The minimum absolute atomic E-state index is 0.0145. The van der Waals surface area contributed by atoms with Crippen LogP contribution in [-0.2, 0) is 4.79 Å². The van der Waals surface area contributed by atoms with Crippen LogP contribution in [0.3, 0.4) is 0 Å². The fourth-order valence-corrected chi connectivity index (χ4v) is 2.36. The van der Waals surface area contributed by atoms with E-state index in [1.165, 1.54) is 19.3 Å². The molecule has 5 heteroatoms. The van der Waals surface area contributed by atoms with Gasteiger partial charge in [0.1, 0.15) is 0 Å². The molecular formula is C15H28N2O3. The predicted octanol–water partition coefficient (Wildman–Crippen LogP) is 2.76. The number of hydrogen-bond donors (Lipinski definition) is 3. The summed E-state index contributed by atoms with van der Waals surface area (Å²) in [6, 6.07) is -0.577. The third-order valence-corrected chi connectivity index (χ3v) is 3.39. The summed E-state index contributed by atoms with van der Waals surface area (Å²) in [7, 11) is 0. The van der Waals surface area contributed by atoms with Crippen molar-refractivity contribution < 1.29 is 14.7 Å². The fourth-order valence-electron chi connectivity index (χ4n) is 2.36. The summed E-state index contributed by atoms with van der Waals surface area (Å²) in [5.41, 5.74) is -0.0145. The maximum absolute atomic E-state index is 11.8. The maximum atomic E-state index is 11.8. The average Bonchev–Trinajstić information content (AvgIpc) is 3.04. The normalized spacial score (nSPS) is 16.6. The molecule has 0 aromatic carbocycles. The molecule has 1 saturated carbocycles. The summed E-state index contributed by atoms with van der Waals surface area (Å²) in [6.45, 7) is 6.78. The molecule has 1 aliphatic carbocycles. The van der Waals surface area contributed by atoms with Gasteiger partial charge in [0.2, 0.25) is 0 Å². The van der Waals surface area contributed by atoms with E-state index in [1.807, 2.05) is 20.8 Å². The van der Waals surface area contributed by atoms with E-state index in [1.54, 1.807) is 0 Å². The molecule has 1 fully saturated rings. The number of carboxylic acid groups (broad SMARTS) is 1. The molecule has 3 N–H and O–H groups in total. The second-order valence-electron chi connectivity index (χ2n) is 7.05. The van der Waals surface area contributed by atoms with Crippen LogP contribution in [0.25, 0.3) is 0 Å². The quantitative estimate of drug-likeness (QED) is 0.600. The highest BCUT2D eigenvalue weighted by molar-refractivity contribution is 5.75. The topological polar surface area (TPSA) is 78.4 Å². The van der Waals surface area contributed by atoms with Gasteiger partial charge in [-0.15, -0.1) is 0 Å². The SMILES string of the molecule is CC(C)(C)CC(CC(=O)O)NC(=O)NCCCC1CC1. The Kier molecular flexibility index (Phi) is 6.30. The number of carboxylic acids is 1. The summed E-state index contributed by atoms with van der Waals surface area (Å²) in [4.78, 5) is 22.6. The molecule has 0 heterocycles. The van der Waals surface area contributed by atoms with E-state index in [9.17, 15) is 9.59 Å². The van der Waals surface area contributed by atoms with Gasteiger partial charge in [0, 0.05) is 12.6 Å². The Balaban J connectivity index is 2.26. The van der Waals surface area contributed by atoms with E-state index < -0.39 is 5.97 Å². The summed E-state index contributed by atoms with van der Waals surface area (Å²) in [6.07, 6.45) is 5.46. The Labute approximate surface area is 121 Å². The third kappa shape index (κ3) is 8.77. The van der Waals surface area contributed by atoms with Gasteiger partial charge < -0.3 is 15.7 Å². The van der Waals surface area contributed by atoms with Crippen molar-refractivity contribution in [2.24, 2.45) is 11.3 Å². The van der Waals surface area contributed by atoms with Crippen LogP contribution in [0.4, 0.5) is 4.79 Å². The molecule has 0 aromatic heterocycles. The highest BCUT2D eigenvalue weighted by Gasteiger charge is 2.23. The van der Waals surface area contributed by atoms with Gasteiger partial charge in [-0.3, -0.25) is 4.79 Å². The number of rotatable bonds is 8. The molecule has 1 rings (SSSR count). The largest absolute Gasteiger partial charge is 0.481 e. The highest BCUT2D eigenvalue weighted by Crippen LogP contribution is 2.33. The summed E-state index contributed by atoms with van der Waals surface area (Å²) < 4.78 is 0. The molecule has 0 saturated heterocycles. The average molecular weight is 284 g/mol. The molecule has 116 valence electrons. The van der Waals surface area contributed by atoms with Gasteiger partial charge in [0.25, 0.3) is 0 Å². The van der Waals surface area contributed by atoms with Crippen LogP contribution >= 0.6 is 0 Å². The zero-order valence-electron chi connectivity index (χ0n) is 12.9. The standard InChI is InChI=1S/C15H28N2O3/c1-15(2,3)10-12(9-13(18)19)17-14(20)16-8-4-5-11-6-7-11/h11-12H,4-10H2,1-3H3,(H,18,19)(H2,16,17,20). The van der Waals surface area contributed by atoms with E-state index in [2.05, 4.69) is 10.6 Å². The first-order chi connectivity index (χ1) is 9.26. The highest BCUT2D eigenvalue weighted by atomic mass is 16.4. The summed E-state index contributed by atoms with van der Waals surface area (Å²) in [5.74, 6) is -0.00575. The van der Waals surface area contributed by atoms with Crippen LogP contribution < -0.4 is 10.6 Å². The minimum Gasteiger partial charge on any atom is -0.481 e. The molecule has 0 aromatic rings. The molecule has 1 unspecified atom stereocenters. The molecule has 0 bridgehead atoms. The molecule has 0 radical (unpaired) electrons. The number of hydrogen-bond acceptors (Lipinski definition) is 2. The van der Waals surface area contributed by atoms with Gasteiger partial charge >= 0.3 is 12.0 Å². The van der Waals surface area contributed by atoms with Crippen molar-refractivity contribution in [2.45, 2.75) is 65.3 Å². The molecule has 5 nitrogen and oxygen atoms in total. The predicted molar refractivity (Wildman–Crippen MR) is 78.6 cm³/mol. The van der Waals surface area contributed by atoms with Crippen LogP contribution in [0.5, 0.6) is 0 Å². The first-order valence-electron chi connectivity index (χ1n) is 7.52. The Morgan fingerprint density at radius 1 is 1.30 bits per heavy atom. The van der Waals surface area contributed by atoms with Crippen molar-refractivity contribution in [3.05, 3.63) is 0 Å². The minimum atomic E-state index is -0.881. The zero-order valence-corrected chi connectivity index (χ0v) is 12.9. The lowest BCUT2D eigenvalue weighted by Crippen LogP contribution is -2.44. The zero-order chi connectivity index (χ0) is 15.2. The first kappa shape index (κ1) is 16.8. The van der Waals surface area contributed by atoms with E-state index in [4.69, 9.17) is 5.11 Å². The molecule has 1 aliphatic rings. The fraction of sp³-hybridized carbons (Fsp3) is 0.867. The Hall–Kier alpha value is -1.26. The molecule has 1 atom stereocenters. The number of aliphatic carboxylic acids is 1. The lowest BCUT2D eigenvalue weighted by molar-refractivity contribution is -0.137. The Bertz CT molecular complexity index is 333. The molecular weight excluding hydrogens is 256 g/mol. The van der Waals surface area contributed by atoms with Gasteiger partial charge in [-0.1, -0.05) is 33.6 Å². The molecule has 0 aliphatic heterocycles. The lowest BCUT2D eigenvalue weighted by Gasteiger charge is -2.25. The first-order valence-corrected chi connectivity index (χ1v) is 7.52. The second-order valence-corrected chi connectivity index (χ2v) is 7.05. The maximum Gasteiger partial charge on any atom is 0.315 e. The number of carbonyl (C=O) groups is 2. The third-order valence-electron chi connectivity index (χ3n) is 3.39. The van der Waals surface area contributed by atoms with Crippen molar-refractivity contribution in [3.63, 3.8) is 0 Å². The van der Waals surface area contributed by atoms with Crippen LogP contribution in [-0.4, -0.2) is 29.7 Å². The number of urea groups is 1. The van der Waals surface area contributed by atoms with Crippen molar-refractivity contribution in [3.8, 4) is 0 Å². The Morgan fingerprint density at radius 2 is 1.95 bits per heavy atom. The molecule has 2 amide bonds. The lowest BCUT2D eigenvalue weighted by atomic mass is 9.87. The number of carbonyl (C=O) groups excluding carboxylic acids is 1. The van der Waals surface area contributed by atoms with Gasteiger partial charge in [-0.25, -0.2) is 4.79 Å². The molecule has 20 heavy (non-hydrogen) atoms. The van der Waals surface area contributed by atoms with Crippen LogP contribution in [0.1, 0.15) is 59.3 Å². The van der Waals surface area contributed by atoms with Crippen molar-refractivity contribution >= 4 is 12.0 Å². The smallest absolute Gasteiger partial charge is 0.315 e. The second kappa shape index (κ2) is 7.50.